The van der Waals surface area contributed by atoms with Crippen LogP contribution in [0.5, 0.6) is 0 Å². The minimum absolute atomic E-state index is 0.0278. The van der Waals surface area contributed by atoms with Gasteiger partial charge in [-0.1, -0.05) is 64.0 Å². The number of amidine groups is 1. The van der Waals surface area contributed by atoms with Crippen molar-refractivity contribution in [3.63, 3.8) is 0 Å². The van der Waals surface area contributed by atoms with Gasteiger partial charge in [-0.3, -0.25) is 9.69 Å². The largest absolute Gasteiger partial charge is 0.340 e. The number of amides is 1. The van der Waals surface area contributed by atoms with Crippen LogP contribution in [0.1, 0.15) is 22.4 Å². The minimum Gasteiger partial charge on any atom is -0.340 e. The Bertz CT molecular complexity index is 1450. The van der Waals surface area contributed by atoms with Crippen molar-refractivity contribution in [1.82, 2.24) is 9.47 Å². The van der Waals surface area contributed by atoms with E-state index in [1.807, 2.05) is 43.3 Å². The first-order valence-corrected chi connectivity index (χ1v) is 12.7. The molecule has 0 aliphatic carbocycles. The summed E-state index contributed by atoms with van der Waals surface area (Å²) in [5.74, 6) is -0.0278. The summed E-state index contributed by atoms with van der Waals surface area (Å²) in [5.41, 5.74) is 6.63. The van der Waals surface area contributed by atoms with E-state index < -0.39 is 0 Å². The van der Waals surface area contributed by atoms with Gasteiger partial charge in [0.2, 0.25) is 0 Å². The Morgan fingerprint density at radius 1 is 0.971 bits per heavy atom. The van der Waals surface area contributed by atoms with Gasteiger partial charge in [-0.25, -0.2) is 4.99 Å². The molecule has 4 nitrogen and oxygen atoms in total. The fourth-order valence-corrected chi connectivity index (χ4v) is 5.36. The molecular formula is C28H24BrN3OS. The van der Waals surface area contributed by atoms with Crippen LogP contribution in [-0.4, -0.2) is 27.6 Å². The molecule has 0 spiro atoms. The zero-order chi connectivity index (χ0) is 23.8. The van der Waals surface area contributed by atoms with E-state index in [-0.39, 0.29) is 5.91 Å². The molecule has 0 bridgehead atoms. The number of halogens is 1. The van der Waals surface area contributed by atoms with E-state index >= 15 is 0 Å². The lowest BCUT2D eigenvalue weighted by atomic mass is 10.1. The van der Waals surface area contributed by atoms with E-state index in [9.17, 15) is 4.79 Å². The van der Waals surface area contributed by atoms with Crippen molar-refractivity contribution in [2.45, 2.75) is 20.4 Å². The summed E-state index contributed by atoms with van der Waals surface area (Å²) in [4.78, 5) is 20.1. The molecular weight excluding hydrogens is 506 g/mol. The Kier molecular flexibility index (Phi) is 6.19. The topological polar surface area (TPSA) is 37.6 Å². The van der Waals surface area contributed by atoms with Crippen molar-refractivity contribution >= 4 is 61.4 Å². The molecule has 1 aliphatic heterocycles. The summed E-state index contributed by atoms with van der Waals surface area (Å²) in [5, 5.41) is 1.83. The normalized spacial score (nSPS) is 16.4. The van der Waals surface area contributed by atoms with Crippen molar-refractivity contribution in [3.8, 4) is 0 Å². The van der Waals surface area contributed by atoms with Crippen LogP contribution >= 0.6 is 27.7 Å². The van der Waals surface area contributed by atoms with Crippen molar-refractivity contribution < 1.29 is 4.79 Å². The fourth-order valence-electron chi connectivity index (χ4n) is 4.13. The third-order valence-electron chi connectivity index (χ3n) is 6.07. The summed E-state index contributed by atoms with van der Waals surface area (Å²) < 4.78 is 3.39. The highest BCUT2D eigenvalue weighted by Gasteiger charge is 2.31. The molecule has 6 heteroatoms. The number of aryl methyl sites for hydroxylation is 1. The van der Waals surface area contributed by atoms with Gasteiger partial charge in [0.15, 0.2) is 5.17 Å². The third-order valence-corrected chi connectivity index (χ3v) is 7.66. The zero-order valence-corrected chi connectivity index (χ0v) is 21.7. The maximum atomic E-state index is 13.1. The fraction of sp³-hybridized carbons (Fsp3) is 0.143. The van der Waals surface area contributed by atoms with E-state index in [1.54, 1.807) is 11.9 Å². The van der Waals surface area contributed by atoms with Crippen LogP contribution < -0.4 is 0 Å². The molecule has 4 aromatic rings. The number of likely N-dealkylation sites (N-methyl/N-ethyl adjacent to an activating group) is 1. The molecule has 0 N–H and O–H groups in total. The molecule has 34 heavy (non-hydrogen) atoms. The second-order valence-electron chi connectivity index (χ2n) is 8.43. The summed E-state index contributed by atoms with van der Waals surface area (Å²) in [6, 6.07) is 24.8. The number of hydrogen-bond donors (Lipinski definition) is 0. The maximum Gasteiger partial charge on any atom is 0.266 e. The summed E-state index contributed by atoms with van der Waals surface area (Å²) in [6.07, 6.45) is 2.02. The Morgan fingerprint density at radius 2 is 1.68 bits per heavy atom. The molecule has 1 fully saturated rings. The first kappa shape index (κ1) is 22.7. The van der Waals surface area contributed by atoms with Gasteiger partial charge < -0.3 is 4.57 Å². The lowest BCUT2D eigenvalue weighted by molar-refractivity contribution is -0.121. The van der Waals surface area contributed by atoms with Crippen LogP contribution in [0.2, 0.25) is 0 Å². The average molecular weight is 530 g/mol. The average Bonchev–Trinajstić information content (AvgIpc) is 3.25. The number of carbonyl (C=O) groups excluding carboxylic acids is 1. The molecule has 170 valence electrons. The van der Waals surface area contributed by atoms with E-state index in [0.29, 0.717) is 10.1 Å². The molecule has 0 atom stereocenters. The van der Waals surface area contributed by atoms with Gasteiger partial charge >= 0.3 is 0 Å². The van der Waals surface area contributed by atoms with Crippen LogP contribution in [0.3, 0.4) is 0 Å². The number of benzene rings is 3. The van der Waals surface area contributed by atoms with Gasteiger partial charge in [-0.2, -0.15) is 0 Å². The Balaban J connectivity index is 1.53. The van der Waals surface area contributed by atoms with Crippen LogP contribution in [-0.2, 0) is 11.3 Å². The molecule has 5 rings (SSSR count). The van der Waals surface area contributed by atoms with Gasteiger partial charge in [0.05, 0.1) is 10.6 Å². The second-order valence-corrected chi connectivity index (χ2v) is 10.4. The van der Waals surface area contributed by atoms with E-state index in [2.05, 4.69) is 69.9 Å². The highest BCUT2D eigenvalue weighted by atomic mass is 79.9. The number of nitrogens with zero attached hydrogens (tertiary/aromatic N) is 3. The third kappa shape index (κ3) is 4.36. The number of aromatic nitrogens is 1. The number of hydrogen-bond acceptors (Lipinski definition) is 3. The van der Waals surface area contributed by atoms with Crippen molar-refractivity contribution in [2.75, 3.05) is 7.05 Å². The Labute approximate surface area is 212 Å². The number of aliphatic imine (C=N–C) groups is 1. The second kappa shape index (κ2) is 9.28. The molecule has 0 saturated carbocycles. The highest BCUT2D eigenvalue weighted by molar-refractivity contribution is 9.10. The van der Waals surface area contributed by atoms with Crippen molar-refractivity contribution in [2.24, 2.45) is 4.99 Å². The van der Waals surface area contributed by atoms with Crippen molar-refractivity contribution in [3.05, 3.63) is 105 Å². The predicted octanol–water partition coefficient (Wildman–Crippen LogP) is 7.30. The molecule has 1 aromatic heterocycles. The SMILES string of the molecule is Cc1ccc(N=C2S/C(=C/c3c(C)n(Cc4ccc(Br)cc4)c4ccccc34)C(=O)N2C)cc1. The van der Waals surface area contributed by atoms with Crippen LogP contribution in [0, 0.1) is 13.8 Å². The van der Waals surface area contributed by atoms with Crippen molar-refractivity contribution in [1.29, 1.82) is 0 Å². The van der Waals surface area contributed by atoms with Gasteiger partial charge in [0.1, 0.15) is 0 Å². The molecule has 2 heterocycles. The Morgan fingerprint density at radius 3 is 2.41 bits per heavy atom. The molecule has 1 amide bonds. The number of fused-ring (bicyclic) bond motifs is 1. The molecule has 1 saturated heterocycles. The lowest BCUT2D eigenvalue weighted by Gasteiger charge is -2.09. The summed E-state index contributed by atoms with van der Waals surface area (Å²) >= 11 is 4.94. The first-order valence-electron chi connectivity index (χ1n) is 11.1. The van der Waals surface area contributed by atoms with Gasteiger partial charge in [0, 0.05) is 40.2 Å². The lowest BCUT2D eigenvalue weighted by Crippen LogP contribution is -2.23. The monoisotopic (exact) mass is 529 g/mol. The standard InChI is InChI=1S/C28H24BrN3OS/c1-18-8-14-22(15-9-18)30-28-31(3)27(33)26(34-28)16-24-19(2)32(25-7-5-4-6-23(24)25)17-20-10-12-21(29)13-11-20/h4-16H,17H2,1-3H3/b26-16+,30-28?. The van der Waals surface area contributed by atoms with Gasteiger partial charge in [-0.15, -0.1) is 0 Å². The molecule has 1 aliphatic rings. The van der Waals surface area contributed by atoms with E-state index in [4.69, 9.17) is 4.99 Å². The van der Waals surface area contributed by atoms with Crippen LogP contribution in [0.15, 0.2) is 87.2 Å². The number of carbonyl (C=O) groups is 1. The quantitative estimate of drug-likeness (QED) is 0.260. The minimum atomic E-state index is -0.0278. The Hall–Kier alpha value is -3.09. The van der Waals surface area contributed by atoms with Gasteiger partial charge in [0.25, 0.3) is 5.91 Å². The van der Waals surface area contributed by atoms with Crippen LogP contribution in [0.25, 0.3) is 17.0 Å². The maximum absolute atomic E-state index is 13.1. The molecule has 0 unspecified atom stereocenters. The van der Waals surface area contributed by atoms with E-state index in [0.717, 1.165) is 38.9 Å². The first-order chi connectivity index (χ1) is 16.4. The smallest absolute Gasteiger partial charge is 0.266 e. The number of rotatable bonds is 4. The van der Waals surface area contributed by atoms with E-state index in [1.165, 1.54) is 22.9 Å². The molecule has 0 radical (unpaired) electrons. The zero-order valence-electron chi connectivity index (χ0n) is 19.2. The number of thioether (sulfide) groups is 1. The number of para-hydroxylation sites is 1. The highest BCUT2D eigenvalue weighted by Crippen LogP contribution is 2.36. The van der Waals surface area contributed by atoms with Gasteiger partial charge in [-0.05, 0) is 67.6 Å². The van der Waals surface area contributed by atoms with Crippen LogP contribution in [0.4, 0.5) is 5.69 Å². The predicted molar refractivity (Wildman–Crippen MR) is 147 cm³/mol. The summed E-state index contributed by atoms with van der Waals surface area (Å²) in [6.45, 7) is 4.94. The summed E-state index contributed by atoms with van der Waals surface area (Å²) in [7, 11) is 1.78. The molecule has 3 aromatic carbocycles.